The monoisotopic (exact) mass is 207 g/mol. The van der Waals surface area contributed by atoms with Gasteiger partial charge in [0.2, 0.25) is 0 Å². The van der Waals surface area contributed by atoms with Crippen molar-refractivity contribution in [1.82, 2.24) is 15.5 Å². The summed E-state index contributed by atoms with van der Waals surface area (Å²) >= 11 is 0. The molecule has 0 bridgehead atoms. The summed E-state index contributed by atoms with van der Waals surface area (Å²) in [7, 11) is 0. The maximum Gasteiger partial charge on any atom is 0.407 e. The number of fused-ring (bicyclic) bond motifs is 1. The number of H-pyrrole nitrogens is 1. The van der Waals surface area contributed by atoms with E-state index in [4.69, 9.17) is 4.74 Å². The lowest BCUT2D eigenvalue weighted by molar-refractivity contribution is 0.177. The lowest BCUT2D eigenvalue weighted by atomic mass is 9.94. The van der Waals surface area contributed by atoms with Crippen LogP contribution in [0.1, 0.15) is 35.8 Å². The first kappa shape index (κ1) is 8.76. The highest BCUT2D eigenvalue weighted by atomic mass is 16.6. The molecule has 5 heteroatoms. The van der Waals surface area contributed by atoms with E-state index >= 15 is 0 Å². The van der Waals surface area contributed by atoms with E-state index in [2.05, 4.69) is 15.5 Å². The summed E-state index contributed by atoms with van der Waals surface area (Å²) in [6.07, 6.45) is 4.23. The van der Waals surface area contributed by atoms with Crippen molar-refractivity contribution in [3.05, 3.63) is 17.0 Å². The van der Waals surface area contributed by atoms with Gasteiger partial charge in [-0.3, -0.25) is 5.10 Å². The number of alkyl carbamates (subject to hydrolysis) is 1. The van der Waals surface area contributed by atoms with Gasteiger partial charge in [0.05, 0.1) is 5.69 Å². The van der Waals surface area contributed by atoms with Crippen LogP contribution in [-0.4, -0.2) is 22.9 Å². The zero-order valence-electron chi connectivity index (χ0n) is 8.38. The molecule has 2 N–H and O–H groups in total. The number of ether oxygens (including phenoxy) is 1. The Morgan fingerprint density at radius 3 is 3.00 bits per heavy atom. The van der Waals surface area contributed by atoms with E-state index in [1.54, 1.807) is 0 Å². The third kappa shape index (κ3) is 1.38. The molecule has 1 aliphatic heterocycles. The number of rotatable bonds is 1. The maximum atomic E-state index is 10.9. The van der Waals surface area contributed by atoms with E-state index in [0.29, 0.717) is 6.61 Å². The van der Waals surface area contributed by atoms with Crippen molar-refractivity contribution in [3.8, 4) is 0 Å². The fourth-order valence-electron chi connectivity index (χ4n) is 2.33. The Morgan fingerprint density at radius 1 is 1.33 bits per heavy atom. The second-order valence-electron chi connectivity index (χ2n) is 4.07. The largest absolute Gasteiger partial charge is 0.447 e. The number of aromatic amines is 1. The molecule has 1 atom stereocenters. The van der Waals surface area contributed by atoms with Crippen LogP contribution in [0.4, 0.5) is 4.79 Å². The van der Waals surface area contributed by atoms with Crippen LogP contribution >= 0.6 is 0 Å². The topological polar surface area (TPSA) is 67.0 Å². The number of nitrogens with one attached hydrogen (secondary N) is 2. The van der Waals surface area contributed by atoms with Crippen LogP contribution in [0.2, 0.25) is 0 Å². The molecule has 80 valence electrons. The molecule has 1 amide bonds. The summed E-state index contributed by atoms with van der Waals surface area (Å²) in [4.78, 5) is 10.9. The highest BCUT2D eigenvalue weighted by Gasteiger charge is 2.29. The van der Waals surface area contributed by atoms with E-state index in [0.717, 1.165) is 18.5 Å². The Balaban J connectivity index is 1.91. The average Bonchev–Trinajstić information content (AvgIpc) is 2.83. The molecule has 1 aromatic heterocycles. The Kier molecular flexibility index (Phi) is 1.90. The van der Waals surface area contributed by atoms with Crippen LogP contribution in [0.25, 0.3) is 0 Å². The Bertz CT molecular complexity index is 399. The van der Waals surface area contributed by atoms with Crippen molar-refractivity contribution in [3.63, 3.8) is 0 Å². The maximum absolute atomic E-state index is 10.9. The molecule has 0 spiro atoms. The van der Waals surface area contributed by atoms with Gasteiger partial charge < -0.3 is 10.1 Å². The second-order valence-corrected chi connectivity index (χ2v) is 4.07. The normalized spacial score (nSPS) is 24.5. The molecule has 0 aromatic carbocycles. The van der Waals surface area contributed by atoms with Crippen molar-refractivity contribution >= 4 is 6.09 Å². The van der Waals surface area contributed by atoms with Gasteiger partial charge >= 0.3 is 6.09 Å². The van der Waals surface area contributed by atoms with Gasteiger partial charge in [-0.25, -0.2) is 4.79 Å². The van der Waals surface area contributed by atoms with Crippen molar-refractivity contribution < 1.29 is 9.53 Å². The van der Waals surface area contributed by atoms with Gasteiger partial charge in [0.15, 0.2) is 0 Å². The Labute approximate surface area is 87.2 Å². The van der Waals surface area contributed by atoms with Crippen LogP contribution in [0.5, 0.6) is 0 Å². The van der Waals surface area contributed by atoms with E-state index in [9.17, 15) is 4.79 Å². The van der Waals surface area contributed by atoms with Crippen LogP contribution in [-0.2, 0) is 17.6 Å². The first-order valence-corrected chi connectivity index (χ1v) is 5.34. The van der Waals surface area contributed by atoms with Gasteiger partial charge in [-0.05, 0) is 31.2 Å². The fourth-order valence-corrected chi connectivity index (χ4v) is 2.33. The molecule has 5 nitrogen and oxygen atoms in total. The number of amides is 1. The molecule has 1 saturated heterocycles. The third-order valence-electron chi connectivity index (χ3n) is 3.09. The minimum Gasteiger partial charge on any atom is -0.447 e. The zero-order valence-corrected chi connectivity index (χ0v) is 8.38. The van der Waals surface area contributed by atoms with E-state index in [-0.39, 0.29) is 12.1 Å². The van der Waals surface area contributed by atoms with Crippen LogP contribution in [0.15, 0.2) is 0 Å². The minimum absolute atomic E-state index is 0.0596. The number of carbonyl (C=O) groups excluding carboxylic acids is 1. The number of aromatic nitrogens is 2. The van der Waals surface area contributed by atoms with Gasteiger partial charge in [0.25, 0.3) is 0 Å². The highest BCUT2D eigenvalue weighted by molar-refractivity contribution is 5.70. The second kappa shape index (κ2) is 3.25. The first-order valence-electron chi connectivity index (χ1n) is 5.34. The van der Waals surface area contributed by atoms with Crippen LogP contribution in [0.3, 0.4) is 0 Å². The number of aryl methyl sites for hydroxylation is 1. The highest BCUT2D eigenvalue weighted by Crippen LogP contribution is 2.27. The molecule has 2 aliphatic rings. The number of cyclic esters (lactones) is 1. The van der Waals surface area contributed by atoms with E-state index < -0.39 is 0 Å². The van der Waals surface area contributed by atoms with E-state index in [1.165, 1.54) is 24.1 Å². The molecule has 0 radical (unpaired) electrons. The number of nitrogens with zero attached hydrogens (tertiary/aromatic N) is 1. The Hall–Kier alpha value is -1.52. The van der Waals surface area contributed by atoms with Gasteiger partial charge in [0, 0.05) is 5.69 Å². The minimum atomic E-state index is -0.340. The molecule has 15 heavy (non-hydrogen) atoms. The molecule has 3 rings (SSSR count). The predicted octanol–water partition coefficient (Wildman–Crippen LogP) is 1.07. The molecule has 1 unspecified atom stereocenters. The van der Waals surface area contributed by atoms with Crippen LogP contribution in [0, 0.1) is 0 Å². The lowest BCUT2D eigenvalue weighted by Crippen LogP contribution is -2.20. The van der Waals surface area contributed by atoms with Crippen molar-refractivity contribution in [2.45, 2.75) is 31.7 Å². The van der Waals surface area contributed by atoms with Gasteiger partial charge in [-0.15, -0.1) is 0 Å². The first-order chi connectivity index (χ1) is 7.34. The summed E-state index contributed by atoms with van der Waals surface area (Å²) in [5.41, 5.74) is 3.49. The third-order valence-corrected chi connectivity index (χ3v) is 3.09. The molecular formula is C10H13N3O2. The molecule has 0 saturated carbocycles. The molecule has 1 aromatic rings. The fraction of sp³-hybridized carbons (Fsp3) is 0.600. The summed E-state index contributed by atoms with van der Waals surface area (Å²) < 4.78 is 4.88. The number of hydrogen-bond donors (Lipinski definition) is 2. The predicted molar refractivity (Wildman–Crippen MR) is 52.5 cm³/mol. The van der Waals surface area contributed by atoms with Gasteiger partial charge in [-0.1, -0.05) is 0 Å². The quantitative estimate of drug-likeness (QED) is 0.723. The van der Waals surface area contributed by atoms with Crippen molar-refractivity contribution in [2.75, 3.05) is 6.61 Å². The number of hydrogen-bond acceptors (Lipinski definition) is 3. The molecule has 2 heterocycles. The molecular weight excluding hydrogens is 194 g/mol. The zero-order chi connectivity index (χ0) is 10.3. The lowest BCUT2D eigenvalue weighted by Gasteiger charge is -2.12. The summed E-state index contributed by atoms with van der Waals surface area (Å²) in [5.74, 6) is 0. The summed E-state index contributed by atoms with van der Waals surface area (Å²) in [5, 5.41) is 10.1. The van der Waals surface area contributed by atoms with Crippen LogP contribution < -0.4 is 5.32 Å². The SMILES string of the molecule is O=C1NC(c2n[nH]c3c2CCCC3)CO1. The summed E-state index contributed by atoms with van der Waals surface area (Å²) in [6.45, 7) is 0.399. The smallest absolute Gasteiger partial charge is 0.407 e. The Morgan fingerprint density at radius 2 is 2.20 bits per heavy atom. The van der Waals surface area contributed by atoms with Crippen molar-refractivity contribution in [1.29, 1.82) is 0 Å². The molecule has 1 fully saturated rings. The number of carbonyl (C=O) groups is 1. The average molecular weight is 207 g/mol. The summed E-state index contributed by atoms with van der Waals surface area (Å²) in [6, 6.07) is -0.0596. The van der Waals surface area contributed by atoms with Crippen molar-refractivity contribution in [2.24, 2.45) is 0 Å². The van der Waals surface area contributed by atoms with Gasteiger partial charge in [0.1, 0.15) is 12.6 Å². The van der Waals surface area contributed by atoms with E-state index in [1.807, 2.05) is 0 Å². The molecule has 1 aliphatic carbocycles. The van der Waals surface area contributed by atoms with Gasteiger partial charge in [-0.2, -0.15) is 5.10 Å². The standard InChI is InChI=1S/C10H13N3O2/c14-10-11-8(5-15-10)9-6-3-1-2-4-7(6)12-13-9/h8H,1-5H2,(H,11,14)(H,12,13).